The molecule has 0 radical (unpaired) electrons. The number of nitriles is 1. The molecule has 160 valence electrons. The van der Waals surface area contributed by atoms with Crippen LogP contribution in [0.4, 0.5) is 5.82 Å². The van der Waals surface area contributed by atoms with E-state index >= 15 is 0 Å². The van der Waals surface area contributed by atoms with Crippen LogP contribution in [0.1, 0.15) is 37.3 Å². The van der Waals surface area contributed by atoms with Crippen LogP contribution in [0, 0.1) is 11.3 Å². The highest BCUT2D eigenvalue weighted by Crippen LogP contribution is 2.35. The summed E-state index contributed by atoms with van der Waals surface area (Å²) in [5.41, 5.74) is 8.12. The quantitative estimate of drug-likeness (QED) is 0.629. The minimum atomic E-state index is 0.141. The Labute approximate surface area is 187 Å². The van der Waals surface area contributed by atoms with Gasteiger partial charge in [-0.1, -0.05) is 24.3 Å². The monoisotopic (exact) mass is 436 g/mol. The summed E-state index contributed by atoms with van der Waals surface area (Å²) in [6.07, 6.45) is 7.00. The average Bonchev–Trinajstić information content (AvgIpc) is 2.81. The minimum absolute atomic E-state index is 0.141. The summed E-state index contributed by atoms with van der Waals surface area (Å²) in [7, 11) is 0. The highest BCUT2D eigenvalue weighted by atomic mass is 35.5. The van der Waals surface area contributed by atoms with Crippen molar-refractivity contribution in [3.8, 4) is 17.6 Å². The van der Waals surface area contributed by atoms with Crippen LogP contribution >= 0.6 is 11.6 Å². The van der Waals surface area contributed by atoms with Gasteiger partial charge in [-0.15, -0.1) is 10.2 Å². The molecule has 2 heterocycles. The van der Waals surface area contributed by atoms with Crippen LogP contribution in [0.15, 0.2) is 47.5 Å². The van der Waals surface area contributed by atoms with Crippen molar-refractivity contribution in [3.63, 3.8) is 0 Å². The zero-order chi connectivity index (χ0) is 22.2. The summed E-state index contributed by atoms with van der Waals surface area (Å²) in [4.78, 5) is 6.58. The first-order valence-corrected chi connectivity index (χ1v) is 10.5. The Kier molecular flexibility index (Phi) is 7.76. The Hall–Kier alpha value is -3.21. The number of halogens is 1. The second kappa shape index (κ2) is 10.7. The summed E-state index contributed by atoms with van der Waals surface area (Å²) in [6.45, 7) is 8.15. The van der Waals surface area contributed by atoms with Gasteiger partial charge in [0, 0.05) is 37.5 Å². The molecular formula is C23H25ClN6O. The van der Waals surface area contributed by atoms with Gasteiger partial charge in [-0.25, -0.2) is 0 Å². The van der Waals surface area contributed by atoms with Gasteiger partial charge in [-0.05, 0) is 50.0 Å². The fourth-order valence-electron chi connectivity index (χ4n) is 3.21. The van der Waals surface area contributed by atoms with Gasteiger partial charge in [-0.3, -0.25) is 4.99 Å². The Balaban J connectivity index is 1.93. The zero-order valence-electron chi connectivity index (χ0n) is 17.5. The third-order valence-corrected chi connectivity index (χ3v) is 5.28. The summed E-state index contributed by atoms with van der Waals surface area (Å²) in [6, 6.07) is 8.97. The lowest BCUT2D eigenvalue weighted by Gasteiger charge is -2.27. The number of nitrogens with zero attached hydrogens (tertiary/aromatic N) is 5. The molecule has 3 rings (SSSR count). The predicted octanol–water partition coefficient (Wildman–Crippen LogP) is 4.73. The molecule has 0 saturated carbocycles. The molecule has 0 spiro atoms. The van der Waals surface area contributed by atoms with Crippen molar-refractivity contribution in [2.24, 2.45) is 10.7 Å². The highest BCUT2D eigenvalue weighted by Gasteiger charge is 2.17. The molecule has 1 aliphatic heterocycles. The third-order valence-electron chi connectivity index (χ3n) is 5.02. The first-order valence-electron chi connectivity index (χ1n) is 10.1. The number of allylic oxidation sites excluding steroid dienone is 1. The average molecular weight is 437 g/mol. The second-order valence-corrected chi connectivity index (χ2v) is 7.46. The van der Waals surface area contributed by atoms with Gasteiger partial charge < -0.3 is 15.4 Å². The normalized spacial score (nSPS) is 14.5. The Morgan fingerprint density at radius 1 is 1.29 bits per heavy atom. The molecule has 2 N–H and O–H groups in total. The van der Waals surface area contributed by atoms with Gasteiger partial charge in [0.05, 0.1) is 17.3 Å². The van der Waals surface area contributed by atoms with Crippen molar-refractivity contribution in [2.45, 2.75) is 26.2 Å². The predicted molar refractivity (Wildman–Crippen MR) is 125 cm³/mol. The van der Waals surface area contributed by atoms with Gasteiger partial charge >= 0.3 is 0 Å². The lowest BCUT2D eigenvalue weighted by atomic mass is 10.1. The van der Waals surface area contributed by atoms with Crippen LogP contribution < -0.4 is 15.4 Å². The largest absolute Gasteiger partial charge is 0.453 e. The number of piperidine rings is 1. The van der Waals surface area contributed by atoms with E-state index in [1.54, 1.807) is 30.5 Å². The number of aliphatic imine (C=N–C) groups is 1. The lowest BCUT2D eigenvalue weighted by Crippen LogP contribution is -2.30. The summed E-state index contributed by atoms with van der Waals surface area (Å²) < 4.78 is 6.11. The number of anilines is 1. The molecule has 1 aromatic heterocycles. The highest BCUT2D eigenvalue weighted by molar-refractivity contribution is 6.30. The van der Waals surface area contributed by atoms with Crippen molar-refractivity contribution < 1.29 is 4.74 Å². The van der Waals surface area contributed by atoms with Crippen molar-refractivity contribution in [2.75, 3.05) is 24.5 Å². The van der Waals surface area contributed by atoms with E-state index in [2.05, 4.69) is 32.7 Å². The second-order valence-electron chi connectivity index (χ2n) is 7.10. The van der Waals surface area contributed by atoms with Gasteiger partial charge in [0.15, 0.2) is 16.7 Å². The maximum Gasteiger partial charge on any atom is 0.194 e. The Morgan fingerprint density at radius 3 is 2.74 bits per heavy atom. The number of aromatic nitrogens is 2. The first kappa shape index (κ1) is 22.5. The fraction of sp³-hybridized carbons (Fsp3) is 0.304. The maximum atomic E-state index is 9.33. The van der Waals surface area contributed by atoms with Gasteiger partial charge in [0.25, 0.3) is 0 Å². The van der Waals surface area contributed by atoms with Crippen molar-refractivity contribution in [1.29, 1.82) is 5.26 Å². The molecule has 1 aromatic carbocycles. The molecule has 0 unspecified atom stereocenters. The van der Waals surface area contributed by atoms with Gasteiger partial charge in [0.2, 0.25) is 0 Å². The van der Waals surface area contributed by atoms with E-state index in [1.807, 2.05) is 13.0 Å². The van der Waals surface area contributed by atoms with E-state index in [9.17, 15) is 5.26 Å². The molecular weight excluding hydrogens is 412 g/mol. The standard InChI is InChI=1S/C23H25ClN6O/c1-3-17(13-25)15-27-16(2)19-8-7-18(14-26)11-20(19)31-21-12-22(28-29-23(21)24)30-9-5-4-6-10-30/h3,7-8,11-12,15H,2,4-6,9-10,13,25H2,1H3/b17-3-,27-15?. The van der Waals surface area contributed by atoms with Crippen LogP contribution in [-0.4, -0.2) is 36.0 Å². The van der Waals surface area contributed by atoms with Crippen LogP contribution in [-0.2, 0) is 0 Å². The van der Waals surface area contributed by atoms with Crippen LogP contribution in [0.3, 0.4) is 0 Å². The van der Waals surface area contributed by atoms with Crippen molar-refractivity contribution in [1.82, 2.24) is 10.2 Å². The topological polar surface area (TPSA) is 100 Å². The smallest absolute Gasteiger partial charge is 0.194 e. The molecule has 31 heavy (non-hydrogen) atoms. The molecule has 0 aliphatic carbocycles. The van der Waals surface area contributed by atoms with Gasteiger partial charge in [-0.2, -0.15) is 5.26 Å². The van der Waals surface area contributed by atoms with E-state index in [-0.39, 0.29) is 5.15 Å². The number of rotatable bonds is 7. The molecule has 0 amide bonds. The molecule has 7 nitrogen and oxygen atoms in total. The number of ether oxygens (including phenoxy) is 1. The fourth-order valence-corrected chi connectivity index (χ4v) is 3.34. The van der Waals surface area contributed by atoms with E-state index < -0.39 is 0 Å². The maximum absolute atomic E-state index is 9.33. The molecule has 0 atom stereocenters. The number of hydrogen-bond acceptors (Lipinski definition) is 7. The van der Waals surface area contributed by atoms with Crippen LogP contribution in [0.2, 0.25) is 5.15 Å². The van der Waals surface area contributed by atoms with Gasteiger partial charge in [0.1, 0.15) is 5.75 Å². The molecule has 1 aliphatic rings. The minimum Gasteiger partial charge on any atom is -0.453 e. The van der Waals surface area contributed by atoms with Crippen LogP contribution in [0.25, 0.3) is 5.70 Å². The first-order chi connectivity index (χ1) is 15.0. The lowest BCUT2D eigenvalue weighted by molar-refractivity contribution is 0.475. The Bertz CT molecular complexity index is 1050. The number of hydrogen-bond donors (Lipinski definition) is 1. The van der Waals surface area contributed by atoms with E-state index in [1.165, 1.54) is 6.42 Å². The SMILES string of the molecule is C=C(N=C/C(=C\C)CN)c1ccc(C#N)cc1Oc1cc(N2CCCCC2)nnc1Cl. The summed E-state index contributed by atoms with van der Waals surface area (Å²) in [5.74, 6) is 1.49. The zero-order valence-corrected chi connectivity index (χ0v) is 18.3. The summed E-state index contributed by atoms with van der Waals surface area (Å²) >= 11 is 6.28. The molecule has 8 heteroatoms. The van der Waals surface area contributed by atoms with E-state index in [0.717, 1.165) is 37.3 Å². The molecule has 1 fully saturated rings. The molecule has 2 aromatic rings. The third kappa shape index (κ3) is 5.69. The molecule has 0 bridgehead atoms. The Morgan fingerprint density at radius 2 is 2.06 bits per heavy atom. The van der Waals surface area contributed by atoms with E-state index in [0.29, 0.717) is 34.9 Å². The van der Waals surface area contributed by atoms with E-state index in [4.69, 9.17) is 22.1 Å². The van der Waals surface area contributed by atoms with Crippen LogP contribution in [0.5, 0.6) is 11.5 Å². The van der Waals surface area contributed by atoms with Crippen molar-refractivity contribution >= 4 is 29.3 Å². The van der Waals surface area contributed by atoms with Crippen molar-refractivity contribution in [3.05, 3.63) is 58.8 Å². The summed E-state index contributed by atoms with van der Waals surface area (Å²) in [5, 5.41) is 17.7. The number of nitrogens with two attached hydrogens (primary N) is 1. The molecule has 1 saturated heterocycles. The number of benzene rings is 1.